The second-order valence-corrected chi connectivity index (χ2v) is 5.80. The summed E-state index contributed by atoms with van der Waals surface area (Å²) in [6, 6.07) is 3.32. The van der Waals surface area contributed by atoms with Gasteiger partial charge in [-0.15, -0.1) is 12.4 Å². The number of carbonyl (C=O) groups excluding carboxylic acids is 1. The highest BCUT2D eigenvalue weighted by atomic mass is 35.5. The quantitative estimate of drug-likeness (QED) is 0.595. The second kappa shape index (κ2) is 11.1. The molecule has 1 fully saturated rings. The number of aliphatic hydroxyl groups is 1. The molecule has 1 aliphatic heterocycles. The van der Waals surface area contributed by atoms with Gasteiger partial charge in [0.15, 0.2) is 11.5 Å². The molecule has 1 aromatic rings. The molecule has 2 rings (SSSR count). The number of rotatable bonds is 9. The lowest BCUT2D eigenvalue weighted by atomic mass is 10.1. The van der Waals surface area contributed by atoms with Crippen LogP contribution in [-0.4, -0.2) is 56.6 Å². The van der Waals surface area contributed by atoms with E-state index in [0.29, 0.717) is 62.3 Å². The van der Waals surface area contributed by atoms with Crippen LogP contribution >= 0.6 is 12.4 Å². The van der Waals surface area contributed by atoms with E-state index in [9.17, 15) is 9.90 Å². The number of amides is 1. The van der Waals surface area contributed by atoms with Gasteiger partial charge in [-0.1, -0.05) is 0 Å². The molecule has 0 spiro atoms. The number of hydrogen-bond donors (Lipinski definition) is 3. The van der Waals surface area contributed by atoms with Crippen molar-refractivity contribution in [2.24, 2.45) is 5.92 Å². The summed E-state index contributed by atoms with van der Waals surface area (Å²) >= 11 is 0. The molecule has 1 saturated heterocycles. The molecule has 0 saturated carbocycles. The maximum atomic E-state index is 12.5. The highest BCUT2D eigenvalue weighted by Gasteiger charge is 2.25. The van der Waals surface area contributed by atoms with E-state index in [4.69, 9.17) is 14.2 Å². The molecule has 1 aromatic carbocycles. The van der Waals surface area contributed by atoms with E-state index in [2.05, 4.69) is 10.6 Å². The number of ether oxygens (including phenoxy) is 3. The van der Waals surface area contributed by atoms with Gasteiger partial charge in [-0.3, -0.25) is 4.79 Å². The zero-order valence-electron chi connectivity index (χ0n) is 15.5. The maximum absolute atomic E-state index is 12.5. The molecular weight excluding hydrogens is 360 g/mol. The summed E-state index contributed by atoms with van der Waals surface area (Å²) in [7, 11) is 0. The third-order valence-corrected chi connectivity index (χ3v) is 4.00. The topological polar surface area (TPSA) is 89.1 Å². The van der Waals surface area contributed by atoms with Gasteiger partial charge in [-0.05, 0) is 32.9 Å². The van der Waals surface area contributed by atoms with Gasteiger partial charge >= 0.3 is 0 Å². The van der Waals surface area contributed by atoms with Crippen LogP contribution in [0.15, 0.2) is 12.1 Å². The Kier molecular flexibility index (Phi) is 9.54. The van der Waals surface area contributed by atoms with Gasteiger partial charge in [-0.2, -0.15) is 0 Å². The van der Waals surface area contributed by atoms with E-state index in [0.717, 1.165) is 0 Å². The van der Waals surface area contributed by atoms with Crippen molar-refractivity contribution >= 4 is 18.3 Å². The van der Waals surface area contributed by atoms with Gasteiger partial charge in [0.25, 0.3) is 5.91 Å². The summed E-state index contributed by atoms with van der Waals surface area (Å²) < 4.78 is 16.9. The van der Waals surface area contributed by atoms with Crippen molar-refractivity contribution in [1.29, 1.82) is 0 Å². The fraction of sp³-hybridized carbons (Fsp3) is 0.611. The SMILES string of the molecule is CCOc1cc(C(=O)NCC2CNCC2O)cc(OCC)c1OCC.Cl. The number of halogens is 1. The Balaban J connectivity index is 0.00000338. The fourth-order valence-corrected chi connectivity index (χ4v) is 2.77. The highest BCUT2D eigenvalue weighted by Crippen LogP contribution is 2.39. The largest absolute Gasteiger partial charge is 0.490 e. The van der Waals surface area contributed by atoms with Gasteiger partial charge in [0.05, 0.1) is 25.9 Å². The highest BCUT2D eigenvalue weighted by molar-refractivity contribution is 5.95. The molecule has 0 radical (unpaired) electrons. The van der Waals surface area contributed by atoms with Crippen LogP contribution in [0.5, 0.6) is 17.2 Å². The van der Waals surface area contributed by atoms with E-state index < -0.39 is 6.10 Å². The maximum Gasteiger partial charge on any atom is 0.251 e. The first kappa shape index (κ1) is 22.3. The molecule has 7 nitrogen and oxygen atoms in total. The first-order valence-corrected chi connectivity index (χ1v) is 8.84. The Morgan fingerprint density at radius 2 is 1.69 bits per heavy atom. The summed E-state index contributed by atoms with van der Waals surface area (Å²) in [4.78, 5) is 12.5. The smallest absolute Gasteiger partial charge is 0.251 e. The molecular formula is C18H29ClN2O5. The van der Waals surface area contributed by atoms with Crippen LogP contribution in [0.4, 0.5) is 0 Å². The predicted octanol–water partition coefficient (Wildman–Crippen LogP) is 1.61. The van der Waals surface area contributed by atoms with Gasteiger partial charge in [0.1, 0.15) is 0 Å². The first-order valence-electron chi connectivity index (χ1n) is 8.84. The standard InChI is InChI=1S/C18H28N2O5.ClH/c1-4-23-15-7-12(8-16(24-5-2)17(15)25-6-3)18(22)20-10-13-9-19-11-14(13)21;/h7-8,13-14,19,21H,4-6,9-11H2,1-3H3,(H,20,22);1H. The lowest BCUT2D eigenvalue weighted by Gasteiger charge is -2.18. The number of aliphatic hydroxyl groups excluding tert-OH is 1. The van der Waals surface area contributed by atoms with Crippen LogP contribution in [0.1, 0.15) is 31.1 Å². The van der Waals surface area contributed by atoms with Crippen LogP contribution in [0.25, 0.3) is 0 Å². The molecule has 1 heterocycles. The Bertz CT molecular complexity index is 558. The van der Waals surface area contributed by atoms with Crippen molar-refractivity contribution in [3.63, 3.8) is 0 Å². The first-order chi connectivity index (χ1) is 12.1. The molecule has 1 amide bonds. The van der Waals surface area contributed by atoms with Crippen molar-refractivity contribution < 1.29 is 24.1 Å². The third kappa shape index (κ3) is 5.65. The van der Waals surface area contributed by atoms with Crippen molar-refractivity contribution in [3.8, 4) is 17.2 Å². The molecule has 2 unspecified atom stereocenters. The van der Waals surface area contributed by atoms with E-state index in [1.807, 2.05) is 20.8 Å². The Labute approximate surface area is 160 Å². The van der Waals surface area contributed by atoms with Gasteiger partial charge < -0.3 is 30.0 Å². The summed E-state index contributed by atoms with van der Waals surface area (Å²) in [5, 5.41) is 15.8. The molecule has 0 aliphatic carbocycles. The normalized spacial score (nSPS) is 18.8. The lowest BCUT2D eigenvalue weighted by molar-refractivity contribution is 0.0926. The van der Waals surface area contributed by atoms with Gasteiger partial charge in [0.2, 0.25) is 5.75 Å². The zero-order chi connectivity index (χ0) is 18.2. The summed E-state index contributed by atoms with van der Waals surface area (Å²) in [5.74, 6) is 1.28. The van der Waals surface area contributed by atoms with Crippen LogP contribution in [0, 0.1) is 5.92 Å². The van der Waals surface area contributed by atoms with Crippen LogP contribution in [0.3, 0.4) is 0 Å². The molecule has 2 atom stereocenters. The predicted molar refractivity (Wildman–Crippen MR) is 102 cm³/mol. The van der Waals surface area contributed by atoms with Crippen LogP contribution in [0.2, 0.25) is 0 Å². The van der Waals surface area contributed by atoms with Crippen molar-refractivity contribution in [2.75, 3.05) is 39.5 Å². The number of hydrogen-bond acceptors (Lipinski definition) is 6. The van der Waals surface area contributed by atoms with Gasteiger partial charge in [0, 0.05) is 31.1 Å². The van der Waals surface area contributed by atoms with E-state index in [1.165, 1.54) is 0 Å². The molecule has 8 heteroatoms. The number of carbonyl (C=O) groups is 1. The average molecular weight is 389 g/mol. The Morgan fingerprint density at radius 1 is 1.12 bits per heavy atom. The minimum Gasteiger partial charge on any atom is -0.490 e. The zero-order valence-corrected chi connectivity index (χ0v) is 16.4. The minimum atomic E-state index is -0.432. The van der Waals surface area contributed by atoms with Gasteiger partial charge in [-0.25, -0.2) is 0 Å². The molecule has 148 valence electrons. The molecule has 26 heavy (non-hydrogen) atoms. The summed E-state index contributed by atoms with van der Waals surface area (Å²) in [6.45, 7) is 8.67. The fourth-order valence-electron chi connectivity index (χ4n) is 2.77. The second-order valence-electron chi connectivity index (χ2n) is 5.80. The molecule has 0 bridgehead atoms. The van der Waals surface area contributed by atoms with E-state index in [-0.39, 0.29) is 24.2 Å². The Hall–Kier alpha value is -1.70. The summed E-state index contributed by atoms with van der Waals surface area (Å²) in [6.07, 6.45) is -0.432. The number of benzene rings is 1. The van der Waals surface area contributed by atoms with E-state index in [1.54, 1.807) is 12.1 Å². The number of β-amino-alcohol motifs (C(OH)–C–C–N with tert-alkyl or cyclic N) is 1. The molecule has 0 aromatic heterocycles. The van der Waals surface area contributed by atoms with Crippen molar-refractivity contribution in [2.45, 2.75) is 26.9 Å². The summed E-state index contributed by atoms with van der Waals surface area (Å²) in [5.41, 5.74) is 0.441. The van der Waals surface area contributed by atoms with Crippen molar-refractivity contribution in [3.05, 3.63) is 17.7 Å². The molecule has 1 aliphatic rings. The number of nitrogens with one attached hydrogen (secondary N) is 2. The van der Waals surface area contributed by atoms with E-state index >= 15 is 0 Å². The minimum absolute atomic E-state index is 0. The monoisotopic (exact) mass is 388 g/mol. The van der Waals surface area contributed by atoms with Crippen molar-refractivity contribution in [1.82, 2.24) is 10.6 Å². The molecule has 3 N–H and O–H groups in total. The average Bonchev–Trinajstić information content (AvgIpc) is 3.00. The van der Waals surface area contributed by atoms with Crippen LogP contribution in [-0.2, 0) is 0 Å². The third-order valence-electron chi connectivity index (χ3n) is 4.00. The Morgan fingerprint density at radius 3 is 2.15 bits per heavy atom. The lowest BCUT2D eigenvalue weighted by Crippen LogP contribution is -2.34. The van der Waals surface area contributed by atoms with Crippen LogP contribution < -0.4 is 24.8 Å².